The van der Waals surface area contributed by atoms with Crippen molar-refractivity contribution in [1.29, 1.82) is 0 Å². The van der Waals surface area contributed by atoms with Gasteiger partial charge in [-0.1, -0.05) is 25.5 Å². The monoisotopic (exact) mass is 222 g/mol. The van der Waals surface area contributed by atoms with Gasteiger partial charge in [-0.05, 0) is 31.0 Å². The summed E-state index contributed by atoms with van der Waals surface area (Å²) in [5, 5.41) is 8.90. The Kier molecular flexibility index (Phi) is 4.83. The average Bonchev–Trinajstić information content (AvgIpc) is 2.29. The van der Waals surface area contributed by atoms with Gasteiger partial charge >= 0.3 is 5.97 Å². The summed E-state index contributed by atoms with van der Waals surface area (Å²) in [7, 11) is 0. The predicted molar refractivity (Wildman–Crippen MR) is 62.9 cm³/mol. The fourth-order valence-corrected chi connectivity index (χ4v) is 1.35. The third-order valence-electron chi connectivity index (χ3n) is 2.50. The van der Waals surface area contributed by atoms with E-state index in [-0.39, 0.29) is 0 Å². The Balaban J connectivity index is 2.67. The van der Waals surface area contributed by atoms with Crippen molar-refractivity contribution in [1.82, 2.24) is 0 Å². The van der Waals surface area contributed by atoms with Crippen LogP contribution in [0, 0.1) is 0 Å². The first-order valence-corrected chi connectivity index (χ1v) is 5.60. The van der Waals surface area contributed by atoms with Gasteiger partial charge < -0.3 is 9.84 Å². The van der Waals surface area contributed by atoms with Gasteiger partial charge in [0.1, 0.15) is 5.75 Å². The van der Waals surface area contributed by atoms with Crippen molar-refractivity contribution in [2.75, 3.05) is 6.61 Å². The van der Waals surface area contributed by atoms with Gasteiger partial charge in [0.2, 0.25) is 0 Å². The molecule has 0 amide bonds. The molecule has 1 aromatic carbocycles. The second kappa shape index (κ2) is 6.16. The summed E-state index contributed by atoms with van der Waals surface area (Å²) in [5.41, 5.74) is 0.779. The van der Waals surface area contributed by atoms with Crippen molar-refractivity contribution in [3.8, 4) is 5.75 Å². The van der Waals surface area contributed by atoms with Crippen molar-refractivity contribution >= 4 is 5.97 Å². The molecule has 1 unspecified atom stereocenters. The lowest BCUT2D eigenvalue weighted by molar-refractivity contribution is -0.138. The van der Waals surface area contributed by atoms with Crippen LogP contribution < -0.4 is 4.74 Å². The molecule has 0 saturated heterocycles. The number of hydrogen-bond donors (Lipinski definition) is 1. The van der Waals surface area contributed by atoms with Gasteiger partial charge in [-0.2, -0.15) is 0 Å². The van der Waals surface area contributed by atoms with E-state index < -0.39 is 11.9 Å². The SMILES string of the molecule is CCCCOc1cccc(C(C)C(=O)O)c1. The maximum atomic E-state index is 10.8. The van der Waals surface area contributed by atoms with E-state index in [0.29, 0.717) is 6.61 Å². The van der Waals surface area contributed by atoms with Crippen LogP contribution in [0.5, 0.6) is 5.75 Å². The highest BCUT2D eigenvalue weighted by molar-refractivity contribution is 5.75. The molecule has 88 valence electrons. The maximum absolute atomic E-state index is 10.8. The number of hydrogen-bond acceptors (Lipinski definition) is 2. The van der Waals surface area contributed by atoms with Gasteiger partial charge in [-0.15, -0.1) is 0 Å². The number of ether oxygens (including phenoxy) is 1. The first kappa shape index (κ1) is 12.6. The number of carboxylic acids is 1. The van der Waals surface area contributed by atoms with Gasteiger partial charge in [0.05, 0.1) is 12.5 Å². The largest absolute Gasteiger partial charge is 0.494 e. The minimum atomic E-state index is -0.814. The standard InChI is InChI=1S/C13H18O3/c1-3-4-8-16-12-7-5-6-11(9-12)10(2)13(14)15/h5-7,9-10H,3-4,8H2,1-2H3,(H,14,15). The Hall–Kier alpha value is -1.51. The molecular weight excluding hydrogens is 204 g/mol. The van der Waals surface area contributed by atoms with E-state index >= 15 is 0 Å². The molecule has 0 radical (unpaired) electrons. The Morgan fingerprint density at radius 2 is 2.25 bits per heavy atom. The molecule has 16 heavy (non-hydrogen) atoms. The number of unbranched alkanes of at least 4 members (excludes halogenated alkanes) is 1. The molecule has 0 spiro atoms. The number of benzene rings is 1. The number of carbonyl (C=O) groups is 1. The molecule has 0 aliphatic heterocycles. The molecule has 3 nitrogen and oxygen atoms in total. The molecule has 1 N–H and O–H groups in total. The lowest BCUT2D eigenvalue weighted by Gasteiger charge is -2.10. The zero-order chi connectivity index (χ0) is 12.0. The van der Waals surface area contributed by atoms with E-state index in [1.807, 2.05) is 18.2 Å². The first-order valence-electron chi connectivity index (χ1n) is 5.60. The van der Waals surface area contributed by atoms with E-state index in [2.05, 4.69) is 6.92 Å². The van der Waals surface area contributed by atoms with Crippen LogP contribution in [0.15, 0.2) is 24.3 Å². The second-order valence-corrected chi connectivity index (χ2v) is 3.83. The highest BCUT2D eigenvalue weighted by atomic mass is 16.5. The molecule has 0 aromatic heterocycles. The van der Waals surface area contributed by atoms with Gasteiger partial charge in [0.15, 0.2) is 0 Å². The normalized spacial score (nSPS) is 12.1. The van der Waals surface area contributed by atoms with Crippen molar-refractivity contribution in [3.05, 3.63) is 29.8 Å². The second-order valence-electron chi connectivity index (χ2n) is 3.83. The van der Waals surface area contributed by atoms with Crippen molar-refractivity contribution in [2.24, 2.45) is 0 Å². The van der Waals surface area contributed by atoms with E-state index in [4.69, 9.17) is 9.84 Å². The predicted octanol–water partition coefficient (Wildman–Crippen LogP) is 3.05. The molecule has 1 rings (SSSR count). The molecule has 0 aliphatic carbocycles. The molecule has 0 saturated carbocycles. The van der Waals surface area contributed by atoms with Gasteiger partial charge in [0.25, 0.3) is 0 Å². The van der Waals surface area contributed by atoms with Crippen LogP contribution in [0.3, 0.4) is 0 Å². The third-order valence-corrected chi connectivity index (χ3v) is 2.50. The molecule has 0 heterocycles. The van der Waals surface area contributed by atoms with Crippen LogP contribution in [0.25, 0.3) is 0 Å². The summed E-state index contributed by atoms with van der Waals surface area (Å²) in [6.45, 7) is 4.46. The lowest BCUT2D eigenvalue weighted by Crippen LogP contribution is -2.07. The average molecular weight is 222 g/mol. The van der Waals surface area contributed by atoms with E-state index in [0.717, 1.165) is 24.2 Å². The summed E-state index contributed by atoms with van der Waals surface area (Å²) in [5.74, 6) is -0.556. The quantitative estimate of drug-likeness (QED) is 0.752. The van der Waals surface area contributed by atoms with E-state index in [1.54, 1.807) is 13.0 Å². The van der Waals surface area contributed by atoms with Crippen LogP contribution in [0.4, 0.5) is 0 Å². The summed E-state index contributed by atoms with van der Waals surface area (Å²) in [6, 6.07) is 7.30. The number of rotatable bonds is 6. The summed E-state index contributed by atoms with van der Waals surface area (Å²) in [4.78, 5) is 10.8. The summed E-state index contributed by atoms with van der Waals surface area (Å²) >= 11 is 0. The molecule has 0 bridgehead atoms. The minimum Gasteiger partial charge on any atom is -0.494 e. The molecule has 0 fully saturated rings. The number of aliphatic carboxylic acids is 1. The summed E-state index contributed by atoms with van der Waals surface area (Å²) in [6.07, 6.45) is 2.10. The van der Waals surface area contributed by atoms with Crippen molar-refractivity contribution in [2.45, 2.75) is 32.6 Å². The van der Waals surface area contributed by atoms with Gasteiger partial charge in [-0.25, -0.2) is 0 Å². The topological polar surface area (TPSA) is 46.5 Å². The fourth-order valence-electron chi connectivity index (χ4n) is 1.35. The van der Waals surface area contributed by atoms with Crippen LogP contribution >= 0.6 is 0 Å². The lowest BCUT2D eigenvalue weighted by atomic mass is 10.0. The van der Waals surface area contributed by atoms with Crippen molar-refractivity contribution < 1.29 is 14.6 Å². The third kappa shape index (κ3) is 3.57. The maximum Gasteiger partial charge on any atom is 0.310 e. The first-order chi connectivity index (χ1) is 7.65. The van der Waals surface area contributed by atoms with Crippen LogP contribution in [-0.4, -0.2) is 17.7 Å². The zero-order valence-corrected chi connectivity index (χ0v) is 9.77. The van der Waals surface area contributed by atoms with Crippen LogP contribution in [0.1, 0.15) is 38.2 Å². The van der Waals surface area contributed by atoms with Gasteiger partial charge in [-0.3, -0.25) is 4.79 Å². The highest BCUT2D eigenvalue weighted by Crippen LogP contribution is 2.21. The Morgan fingerprint density at radius 1 is 1.50 bits per heavy atom. The van der Waals surface area contributed by atoms with Crippen LogP contribution in [0.2, 0.25) is 0 Å². The Labute approximate surface area is 96.1 Å². The van der Waals surface area contributed by atoms with Crippen LogP contribution in [-0.2, 0) is 4.79 Å². The molecular formula is C13H18O3. The molecule has 3 heteroatoms. The zero-order valence-electron chi connectivity index (χ0n) is 9.77. The van der Waals surface area contributed by atoms with E-state index in [1.165, 1.54) is 0 Å². The number of carboxylic acid groups (broad SMARTS) is 1. The Bertz CT molecular complexity index is 347. The van der Waals surface area contributed by atoms with Gasteiger partial charge in [0, 0.05) is 0 Å². The van der Waals surface area contributed by atoms with Crippen molar-refractivity contribution in [3.63, 3.8) is 0 Å². The molecule has 1 aromatic rings. The van der Waals surface area contributed by atoms with E-state index in [9.17, 15) is 4.79 Å². The summed E-state index contributed by atoms with van der Waals surface area (Å²) < 4.78 is 5.52. The molecule has 1 atom stereocenters. The minimum absolute atomic E-state index is 0.491. The smallest absolute Gasteiger partial charge is 0.310 e. The fraction of sp³-hybridized carbons (Fsp3) is 0.462. The highest BCUT2D eigenvalue weighted by Gasteiger charge is 2.13. The Morgan fingerprint density at radius 3 is 2.88 bits per heavy atom. The molecule has 0 aliphatic rings.